The number of piperidine rings is 1. The second-order valence-electron chi connectivity index (χ2n) is 5.18. The second-order valence-corrected chi connectivity index (χ2v) is 6.04. The number of nitro groups is 1. The first kappa shape index (κ1) is 15.9. The van der Waals surface area contributed by atoms with Crippen molar-refractivity contribution in [1.29, 1.82) is 0 Å². The average Bonchev–Trinajstić information content (AvgIpc) is 2.48. The van der Waals surface area contributed by atoms with Gasteiger partial charge in [0.05, 0.1) is 11.3 Å². The van der Waals surface area contributed by atoms with Gasteiger partial charge in [0.25, 0.3) is 5.69 Å². The van der Waals surface area contributed by atoms with E-state index in [1.807, 2.05) is 4.90 Å². The van der Waals surface area contributed by atoms with Crippen molar-refractivity contribution < 1.29 is 9.72 Å². The van der Waals surface area contributed by atoms with Crippen LogP contribution in [0, 0.1) is 10.1 Å². The zero-order valence-corrected chi connectivity index (χ0v) is 13.2. The van der Waals surface area contributed by atoms with Crippen molar-refractivity contribution in [1.82, 2.24) is 4.90 Å². The van der Waals surface area contributed by atoms with Crippen molar-refractivity contribution in [2.45, 2.75) is 31.7 Å². The zero-order valence-electron chi connectivity index (χ0n) is 11.6. The summed E-state index contributed by atoms with van der Waals surface area (Å²) in [5.41, 5.74) is 6.50. The summed E-state index contributed by atoms with van der Waals surface area (Å²) in [5.74, 6) is 0.0275. The number of nitrogens with zero attached hydrogens (tertiary/aromatic N) is 2. The molecule has 1 aliphatic heterocycles. The molecule has 0 bridgehead atoms. The SMILES string of the molecule is NCC1CCCCN1C(=O)Cc1ccc([N+](=O)[O-])cc1Br. The normalized spacial score (nSPS) is 18.6. The number of hydrogen-bond acceptors (Lipinski definition) is 4. The van der Waals surface area contributed by atoms with E-state index in [9.17, 15) is 14.9 Å². The van der Waals surface area contributed by atoms with Crippen molar-refractivity contribution >= 4 is 27.5 Å². The lowest BCUT2D eigenvalue weighted by Crippen LogP contribution is -2.48. The van der Waals surface area contributed by atoms with Gasteiger partial charge in [-0.15, -0.1) is 0 Å². The molecule has 0 radical (unpaired) electrons. The Balaban J connectivity index is 2.10. The molecule has 1 amide bonds. The molecule has 6 nitrogen and oxygen atoms in total. The number of halogens is 1. The van der Waals surface area contributed by atoms with E-state index < -0.39 is 4.92 Å². The number of carbonyl (C=O) groups is 1. The summed E-state index contributed by atoms with van der Waals surface area (Å²) in [6.07, 6.45) is 3.29. The maximum Gasteiger partial charge on any atom is 0.270 e. The van der Waals surface area contributed by atoms with Gasteiger partial charge in [-0.2, -0.15) is 0 Å². The first-order valence-electron chi connectivity index (χ1n) is 6.95. The van der Waals surface area contributed by atoms with Gasteiger partial charge in [-0.3, -0.25) is 14.9 Å². The maximum atomic E-state index is 12.4. The molecule has 0 spiro atoms. The fourth-order valence-electron chi connectivity index (χ4n) is 2.63. The van der Waals surface area contributed by atoms with Gasteiger partial charge in [-0.1, -0.05) is 22.0 Å². The maximum absolute atomic E-state index is 12.4. The summed E-state index contributed by atoms with van der Waals surface area (Å²) in [5, 5.41) is 10.7. The highest BCUT2D eigenvalue weighted by atomic mass is 79.9. The predicted molar refractivity (Wildman–Crippen MR) is 82.9 cm³/mol. The molecule has 21 heavy (non-hydrogen) atoms. The van der Waals surface area contributed by atoms with Gasteiger partial charge in [0.1, 0.15) is 0 Å². The molecule has 0 aliphatic carbocycles. The van der Waals surface area contributed by atoms with Crippen LogP contribution in [0.3, 0.4) is 0 Å². The third-order valence-electron chi connectivity index (χ3n) is 3.81. The van der Waals surface area contributed by atoms with Crippen LogP contribution in [0.4, 0.5) is 5.69 Å². The number of nitro benzene ring substituents is 1. The van der Waals surface area contributed by atoms with Crippen LogP contribution >= 0.6 is 15.9 Å². The van der Waals surface area contributed by atoms with Crippen LogP contribution in [0.1, 0.15) is 24.8 Å². The lowest BCUT2D eigenvalue weighted by atomic mass is 10.0. The van der Waals surface area contributed by atoms with E-state index in [0.717, 1.165) is 31.4 Å². The number of amides is 1. The molecule has 2 rings (SSSR count). The van der Waals surface area contributed by atoms with E-state index in [-0.39, 0.29) is 24.1 Å². The van der Waals surface area contributed by atoms with Crippen molar-refractivity contribution in [2.75, 3.05) is 13.1 Å². The molecule has 1 aromatic rings. The molecule has 0 aromatic heterocycles. The molecule has 1 atom stereocenters. The lowest BCUT2D eigenvalue weighted by molar-refractivity contribution is -0.384. The number of rotatable bonds is 4. The lowest BCUT2D eigenvalue weighted by Gasteiger charge is -2.35. The van der Waals surface area contributed by atoms with E-state index in [4.69, 9.17) is 5.73 Å². The van der Waals surface area contributed by atoms with Gasteiger partial charge < -0.3 is 10.6 Å². The molecular formula is C14H18BrN3O3. The molecule has 1 unspecified atom stereocenters. The smallest absolute Gasteiger partial charge is 0.270 e. The van der Waals surface area contributed by atoms with Crippen LogP contribution in [-0.2, 0) is 11.2 Å². The minimum Gasteiger partial charge on any atom is -0.338 e. The van der Waals surface area contributed by atoms with E-state index in [1.165, 1.54) is 12.1 Å². The van der Waals surface area contributed by atoms with E-state index in [2.05, 4.69) is 15.9 Å². The molecule has 7 heteroatoms. The van der Waals surface area contributed by atoms with Gasteiger partial charge in [0.15, 0.2) is 0 Å². The summed E-state index contributed by atoms with van der Waals surface area (Å²) in [6, 6.07) is 4.59. The van der Waals surface area contributed by atoms with E-state index in [1.54, 1.807) is 6.07 Å². The number of non-ortho nitro benzene ring substituents is 1. The summed E-state index contributed by atoms with van der Waals surface area (Å²) in [7, 11) is 0. The Labute approximate surface area is 131 Å². The van der Waals surface area contributed by atoms with Crippen molar-refractivity contribution in [3.8, 4) is 0 Å². The highest BCUT2D eigenvalue weighted by Crippen LogP contribution is 2.25. The standard InChI is InChI=1S/C14H18BrN3O3/c15-13-8-11(18(20)21)5-4-10(13)7-14(19)17-6-2-1-3-12(17)9-16/h4-5,8,12H,1-3,6-7,9,16H2. The number of likely N-dealkylation sites (tertiary alicyclic amines) is 1. The Hall–Kier alpha value is -1.47. The van der Waals surface area contributed by atoms with Crippen molar-refractivity contribution in [3.63, 3.8) is 0 Å². The average molecular weight is 356 g/mol. The summed E-state index contributed by atoms with van der Waals surface area (Å²) in [6.45, 7) is 1.22. The number of carbonyl (C=O) groups excluding carboxylic acids is 1. The number of nitrogens with two attached hydrogens (primary N) is 1. The first-order valence-corrected chi connectivity index (χ1v) is 7.74. The van der Waals surface area contributed by atoms with Gasteiger partial charge >= 0.3 is 0 Å². The summed E-state index contributed by atoms with van der Waals surface area (Å²) < 4.78 is 0.589. The Morgan fingerprint density at radius 1 is 1.48 bits per heavy atom. The van der Waals surface area contributed by atoms with E-state index in [0.29, 0.717) is 11.0 Å². The second kappa shape index (κ2) is 7.00. The van der Waals surface area contributed by atoms with Crippen LogP contribution in [0.25, 0.3) is 0 Å². The van der Waals surface area contributed by atoms with Crippen LogP contribution in [0.5, 0.6) is 0 Å². The quantitative estimate of drug-likeness (QED) is 0.662. The third-order valence-corrected chi connectivity index (χ3v) is 4.55. The van der Waals surface area contributed by atoms with Gasteiger partial charge in [0.2, 0.25) is 5.91 Å². The number of benzene rings is 1. The monoisotopic (exact) mass is 355 g/mol. The van der Waals surface area contributed by atoms with Gasteiger partial charge in [-0.25, -0.2) is 0 Å². The molecule has 2 N–H and O–H groups in total. The van der Waals surface area contributed by atoms with Crippen LogP contribution in [0.15, 0.2) is 22.7 Å². The molecule has 1 fully saturated rings. The van der Waals surface area contributed by atoms with Crippen LogP contribution < -0.4 is 5.73 Å². The molecule has 1 aromatic carbocycles. The minimum absolute atomic E-state index is 0.0101. The Morgan fingerprint density at radius 2 is 2.24 bits per heavy atom. The molecule has 1 saturated heterocycles. The van der Waals surface area contributed by atoms with Gasteiger partial charge in [0, 0.05) is 35.7 Å². The highest BCUT2D eigenvalue weighted by molar-refractivity contribution is 9.10. The van der Waals surface area contributed by atoms with Crippen LogP contribution in [-0.4, -0.2) is 34.9 Å². The van der Waals surface area contributed by atoms with E-state index >= 15 is 0 Å². The Bertz CT molecular complexity index is 550. The molecule has 114 valence electrons. The fraction of sp³-hybridized carbons (Fsp3) is 0.500. The van der Waals surface area contributed by atoms with Crippen molar-refractivity contribution in [2.24, 2.45) is 5.73 Å². The fourth-order valence-corrected chi connectivity index (χ4v) is 3.14. The topological polar surface area (TPSA) is 89.5 Å². The van der Waals surface area contributed by atoms with Crippen molar-refractivity contribution in [3.05, 3.63) is 38.3 Å². The first-order chi connectivity index (χ1) is 10.0. The Morgan fingerprint density at radius 3 is 2.86 bits per heavy atom. The third kappa shape index (κ3) is 3.79. The van der Waals surface area contributed by atoms with Crippen LogP contribution in [0.2, 0.25) is 0 Å². The molecule has 1 heterocycles. The molecule has 0 saturated carbocycles. The molecular weight excluding hydrogens is 338 g/mol. The summed E-state index contributed by atoms with van der Waals surface area (Å²) in [4.78, 5) is 24.5. The van der Waals surface area contributed by atoms with Gasteiger partial charge in [-0.05, 0) is 24.8 Å². The molecule has 1 aliphatic rings. The Kier molecular flexibility index (Phi) is 5.30. The largest absolute Gasteiger partial charge is 0.338 e. The highest BCUT2D eigenvalue weighted by Gasteiger charge is 2.26. The number of hydrogen-bond donors (Lipinski definition) is 1. The summed E-state index contributed by atoms with van der Waals surface area (Å²) >= 11 is 3.30. The minimum atomic E-state index is -0.453. The zero-order chi connectivity index (χ0) is 15.4. The predicted octanol–water partition coefficient (Wildman–Crippen LogP) is 2.24.